The highest BCUT2D eigenvalue weighted by atomic mass is 16.5. The Labute approximate surface area is 196 Å². The zero-order chi connectivity index (χ0) is 25.2. The molecule has 1 aromatic carbocycles. The molecule has 0 unspecified atom stereocenters. The maximum Gasteiger partial charge on any atom is 0.332 e. The largest absolute Gasteiger partial charge is 0.457 e. The first-order valence-corrected chi connectivity index (χ1v) is 11.2. The SMILES string of the molecule is CCc1ccc(N2C[C@H](C(=O)OCC(=O)c3c(N)n(CC(C)C)c(=O)n(C)c3=O)CC2=O)cc1. The number of aromatic nitrogens is 2. The fraction of sp³-hybridized carbons (Fsp3) is 0.458. The summed E-state index contributed by atoms with van der Waals surface area (Å²) >= 11 is 0. The number of ether oxygens (including phenoxy) is 1. The molecular formula is C24H30N4O6. The number of carbonyl (C=O) groups excluding carboxylic acids is 3. The molecule has 0 saturated carbocycles. The van der Waals surface area contributed by atoms with Crippen molar-refractivity contribution in [3.63, 3.8) is 0 Å². The number of benzene rings is 1. The number of Topliss-reactive ketones (excluding diaryl/α,β-unsaturated/α-hetero) is 1. The van der Waals surface area contributed by atoms with Crippen LogP contribution in [0.3, 0.4) is 0 Å². The van der Waals surface area contributed by atoms with Crippen molar-refractivity contribution in [1.29, 1.82) is 0 Å². The van der Waals surface area contributed by atoms with Crippen molar-refractivity contribution >= 4 is 29.2 Å². The number of nitrogen functional groups attached to an aromatic ring is 1. The summed E-state index contributed by atoms with van der Waals surface area (Å²) in [5.41, 5.74) is 5.95. The highest BCUT2D eigenvalue weighted by Crippen LogP contribution is 2.26. The van der Waals surface area contributed by atoms with Crippen LogP contribution in [0.5, 0.6) is 0 Å². The molecular weight excluding hydrogens is 440 g/mol. The maximum absolute atomic E-state index is 12.8. The first-order chi connectivity index (χ1) is 16.0. The summed E-state index contributed by atoms with van der Waals surface area (Å²) in [5.74, 6) is -2.67. The standard InChI is InChI=1S/C24H30N4O6/c1-5-15-6-8-17(9-7-15)27-12-16(10-19(27)30)23(32)34-13-18(29)20-21(25)28(11-14(2)3)24(33)26(4)22(20)31/h6-9,14,16H,5,10-13,25H2,1-4H3/t16-/m1/s1. The predicted molar refractivity (Wildman–Crippen MR) is 127 cm³/mol. The highest BCUT2D eigenvalue weighted by molar-refractivity contribution is 6.02. The summed E-state index contributed by atoms with van der Waals surface area (Å²) in [6.07, 6.45) is 0.839. The van der Waals surface area contributed by atoms with E-state index in [2.05, 4.69) is 0 Å². The molecule has 1 amide bonds. The Bertz CT molecular complexity index is 1230. The third-order valence-electron chi connectivity index (χ3n) is 5.87. The number of ketones is 1. The summed E-state index contributed by atoms with van der Waals surface area (Å²) < 4.78 is 7.13. The summed E-state index contributed by atoms with van der Waals surface area (Å²) in [5, 5.41) is 0. The van der Waals surface area contributed by atoms with Gasteiger partial charge in [0, 0.05) is 32.2 Å². The number of amides is 1. The second-order valence-electron chi connectivity index (χ2n) is 8.87. The molecule has 3 rings (SSSR count). The monoisotopic (exact) mass is 470 g/mol. The lowest BCUT2D eigenvalue weighted by Gasteiger charge is -2.17. The van der Waals surface area contributed by atoms with Gasteiger partial charge in [0.2, 0.25) is 11.7 Å². The number of esters is 1. The minimum absolute atomic E-state index is 0.0360. The second kappa shape index (κ2) is 10.1. The van der Waals surface area contributed by atoms with Crippen LogP contribution < -0.4 is 21.9 Å². The molecule has 10 heteroatoms. The van der Waals surface area contributed by atoms with E-state index < -0.39 is 41.1 Å². The van der Waals surface area contributed by atoms with Gasteiger partial charge in [-0.1, -0.05) is 32.9 Å². The molecule has 34 heavy (non-hydrogen) atoms. The molecule has 2 N–H and O–H groups in total. The lowest BCUT2D eigenvalue weighted by molar-refractivity contribution is -0.147. The van der Waals surface area contributed by atoms with Crippen molar-refractivity contribution in [2.24, 2.45) is 18.9 Å². The van der Waals surface area contributed by atoms with E-state index in [9.17, 15) is 24.0 Å². The normalized spacial score (nSPS) is 15.7. The lowest BCUT2D eigenvalue weighted by atomic mass is 10.1. The van der Waals surface area contributed by atoms with Crippen molar-refractivity contribution in [2.45, 2.75) is 40.2 Å². The molecule has 0 spiro atoms. The van der Waals surface area contributed by atoms with Gasteiger partial charge in [-0.15, -0.1) is 0 Å². The smallest absolute Gasteiger partial charge is 0.332 e. The van der Waals surface area contributed by atoms with Crippen LogP contribution in [-0.2, 0) is 34.3 Å². The van der Waals surface area contributed by atoms with Gasteiger partial charge in [0.25, 0.3) is 5.56 Å². The van der Waals surface area contributed by atoms with Gasteiger partial charge in [-0.25, -0.2) is 4.79 Å². The van der Waals surface area contributed by atoms with E-state index in [0.29, 0.717) is 5.69 Å². The van der Waals surface area contributed by atoms with Gasteiger partial charge in [0.05, 0.1) is 5.92 Å². The number of rotatable bonds is 8. The Morgan fingerprint density at radius 1 is 1.15 bits per heavy atom. The first-order valence-electron chi connectivity index (χ1n) is 11.2. The quantitative estimate of drug-likeness (QED) is 0.451. The molecule has 1 aromatic heterocycles. The number of hydrogen-bond acceptors (Lipinski definition) is 7. The molecule has 1 atom stereocenters. The van der Waals surface area contributed by atoms with Crippen molar-refractivity contribution < 1.29 is 19.1 Å². The second-order valence-corrected chi connectivity index (χ2v) is 8.87. The van der Waals surface area contributed by atoms with Crippen LogP contribution in [0, 0.1) is 11.8 Å². The van der Waals surface area contributed by atoms with Crippen LogP contribution in [0.15, 0.2) is 33.9 Å². The van der Waals surface area contributed by atoms with Gasteiger partial charge in [-0.05, 0) is 30.0 Å². The van der Waals surface area contributed by atoms with E-state index in [0.717, 1.165) is 16.6 Å². The minimum Gasteiger partial charge on any atom is -0.457 e. The van der Waals surface area contributed by atoms with Crippen LogP contribution >= 0.6 is 0 Å². The number of aryl methyl sites for hydroxylation is 1. The molecule has 1 aliphatic rings. The van der Waals surface area contributed by atoms with E-state index in [1.165, 1.54) is 16.5 Å². The number of nitrogens with two attached hydrogens (primary N) is 1. The summed E-state index contributed by atoms with van der Waals surface area (Å²) in [6.45, 7) is 5.41. The van der Waals surface area contributed by atoms with E-state index in [-0.39, 0.29) is 37.2 Å². The Balaban J connectivity index is 1.71. The fourth-order valence-corrected chi connectivity index (χ4v) is 3.94. The van der Waals surface area contributed by atoms with Crippen molar-refractivity contribution in [3.05, 3.63) is 56.2 Å². The van der Waals surface area contributed by atoms with Crippen molar-refractivity contribution in [3.8, 4) is 0 Å². The molecule has 2 aromatic rings. The molecule has 2 heterocycles. The van der Waals surface area contributed by atoms with Gasteiger partial charge >= 0.3 is 11.7 Å². The summed E-state index contributed by atoms with van der Waals surface area (Å²) in [4.78, 5) is 64.2. The van der Waals surface area contributed by atoms with Crippen LogP contribution in [0.1, 0.15) is 43.1 Å². The van der Waals surface area contributed by atoms with Gasteiger partial charge in [-0.3, -0.25) is 28.3 Å². The highest BCUT2D eigenvalue weighted by Gasteiger charge is 2.36. The molecule has 0 radical (unpaired) electrons. The average Bonchev–Trinajstić information content (AvgIpc) is 3.20. The van der Waals surface area contributed by atoms with E-state index in [1.54, 1.807) is 0 Å². The van der Waals surface area contributed by atoms with Crippen molar-refractivity contribution in [1.82, 2.24) is 9.13 Å². The average molecular weight is 471 g/mol. The lowest BCUT2D eigenvalue weighted by Crippen LogP contribution is -2.43. The van der Waals surface area contributed by atoms with Gasteiger partial charge < -0.3 is 15.4 Å². The number of nitrogens with zero attached hydrogens (tertiary/aromatic N) is 3. The molecule has 1 saturated heterocycles. The molecule has 10 nitrogen and oxygen atoms in total. The van der Waals surface area contributed by atoms with Crippen LogP contribution in [0.25, 0.3) is 0 Å². The number of carbonyl (C=O) groups is 3. The van der Waals surface area contributed by atoms with Gasteiger partial charge in [0.15, 0.2) is 6.61 Å². The first kappa shape index (κ1) is 24.9. The van der Waals surface area contributed by atoms with Crippen LogP contribution in [-0.4, -0.2) is 39.9 Å². The van der Waals surface area contributed by atoms with Gasteiger partial charge in [-0.2, -0.15) is 0 Å². The van der Waals surface area contributed by atoms with Crippen LogP contribution in [0.4, 0.5) is 11.5 Å². The molecule has 1 fully saturated rings. The Morgan fingerprint density at radius 3 is 2.38 bits per heavy atom. The Kier molecular flexibility index (Phi) is 7.38. The summed E-state index contributed by atoms with van der Waals surface area (Å²) in [7, 11) is 1.26. The Morgan fingerprint density at radius 2 is 1.79 bits per heavy atom. The maximum atomic E-state index is 12.8. The Hall–Kier alpha value is -3.69. The predicted octanol–water partition coefficient (Wildman–Crippen LogP) is 1.13. The third kappa shape index (κ3) is 4.95. The number of hydrogen-bond donors (Lipinski definition) is 1. The summed E-state index contributed by atoms with van der Waals surface area (Å²) in [6, 6.07) is 7.52. The third-order valence-corrected chi connectivity index (χ3v) is 5.87. The van der Waals surface area contributed by atoms with E-state index >= 15 is 0 Å². The number of anilines is 2. The minimum atomic E-state index is -0.846. The topological polar surface area (TPSA) is 134 Å². The van der Waals surface area contributed by atoms with E-state index in [1.807, 2.05) is 45.0 Å². The molecule has 0 bridgehead atoms. The zero-order valence-electron chi connectivity index (χ0n) is 19.9. The van der Waals surface area contributed by atoms with Crippen LogP contribution in [0.2, 0.25) is 0 Å². The molecule has 1 aliphatic heterocycles. The molecule has 182 valence electrons. The van der Waals surface area contributed by atoms with Crippen molar-refractivity contribution in [2.75, 3.05) is 23.8 Å². The zero-order valence-corrected chi connectivity index (χ0v) is 19.9. The fourth-order valence-electron chi connectivity index (χ4n) is 3.94. The van der Waals surface area contributed by atoms with E-state index in [4.69, 9.17) is 10.5 Å². The molecule has 0 aliphatic carbocycles. The van der Waals surface area contributed by atoms with Gasteiger partial charge in [0.1, 0.15) is 11.4 Å².